The molecular formula is C6HClF3N2O2-. The van der Waals surface area contributed by atoms with Crippen LogP contribution in [0.2, 0.25) is 5.28 Å². The second kappa shape index (κ2) is 3.41. The fraction of sp³-hybridized carbons (Fsp3) is 0.167. The van der Waals surface area contributed by atoms with E-state index in [9.17, 15) is 23.1 Å². The van der Waals surface area contributed by atoms with E-state index in [0.29, 0.717) is 6.20 Å². The van der Waals surface area contributed by atoms with Crippen LogP contribution in [0.1, 0.15) is 16.1 Å². The van der Waals surface area contributed by atoms with Gasteiger partial charge in [0.1, 0.15) is 0 Å². The fourth-order valence-electron chi connectivity index (χ4n) is 0.726. The van der Waals surface area contributed by atoms with E-state index in [1.165, 1.54) is 0 Å². The van der Waals surface area contributed by atoms with Crippen molar-refractivity contribution in [3.8, 4) is 0 Å². The molecule has 0 N–H and O–H groups in total. The molecule has 0 radical (unpaired) electrons. The first-order chi connectivity index (χ1) is 6.32. The molecular weight excluding hydrogens is 225 g/mol. The molecule has 1 aromatic heterocycles. The third-order valence-corrected chi connectivity index (χ3v) is 1.43. The van der Waals surface area contributed by atoms with Crippen molar-refractivity contribution >= 4 is 17.6 Å². The van der Waals surface area contributed by atoms with Gasteiger partial charge in [-0.15, -0.1) is 0 Å². The summed E-state index contributed by atoms with van der Waals surface area (Å²) >= 11 is 5.09. The first-order valence-corrected chi connectivity index (χ1v) is 3.51. The summed E-state index contributed by atoms with van der Waals surface area (Å²) in [6.07, 6.45) is -4.45. The Morgan fingerprint density at radius 3 is 2.50 bits per heavy atom. The summed E-state index contributed by atoms with van der Waals surface area (Å²) in [4.78, 5) is 16.1. The fourth-order valence-corrected chi connectivity index (χ4v) is 0.859. The Morgan fingerprint density at radius 1 is 1.50 bits per heavy atom. The highest BCUT2D eigenvalue weighted by Crippen LogP contribution is 2.30. The standard InChI is InChI=1S/C6H2ClF3N2O2/c7-5-11-1-2(4(13)14)3(12-5)6(8,9)10/h1H,(H,13,14)/p-1. The minimum Gasteiger partial charge on any atom is -0.545 e. The summed E-state index contributed by atoms with van der Waals surface area (Å²) in [6.45, 7) is 0. The van der Waals surface area contributed by atoms with Gasteiger partial charge < -0.3 is 9.90 Å². The molecule has 4 nitrogen and oxygen atoms in total. The largest absolute Gasteiger partial charge is 0.545 e. The van der Waals surface area contributed by atoms with Gasteiger partial charge in [0.25, 0.3) is 0 Å². The summed E-state index contributed by atoms with van der Waals surface area (Å²) in [5, 5.41) is 9.57. The maximum atomic E-state index is 12.1. The molecule has 8 heteroatoms. The van der Waals surface area contributed by atoms with Crippen LogP contribution in [-0.4, -0.2) is 15.9 Å². The van der Waals surface area contributed by atoms with Gasteiger partial charge in [-0.25, -0.2) is 9.97 Å². The van der Waals surface area contributed by atoms with E-state index < -0.39 is 28.7 Å². The van der Waals surface area contributed by atoms with Crippen LogP contribution in [0.3, 0.4) is 0 Å². The van der Waals surface area contributed by atoms with E-state index in [2.05, 4.69) is 9.97 Å². The average Bonchev–Trinajstić information content (AvgIpc) is 2.01. The number of hydrogen-bond donors (Lipinski definition) is 0. The zero-order valence-electron chi connectivity index (χ0n) is 6.30. The molecule has 1 heterocycles. The number of aromatic nitrogens is 2. The van der Waals surface area contributed by atoms with Crippen LogP contribution in [0, 0.1) is 0 Å². The highest BCUT2D eigenvalue weighted by molar-refractivity contribution is 6.28. The highest BCUT2D eigenvalue weighted by Gasteiger charge is 2.36. The number of carboxylic acid groups (broad SMARTS) is 1. The van der Waals surface area contributed by atoms with Gasteiger partial charge >= 0.3 is 6.18 Å². The Morgan fingerprint density at radius 2 is 2.07 bits per heavy atom. The van der Waals surface area contributed by atoms with Crippen LogP contribution in [-0.2, 0) is 6.18 Å². The second-order valence-electron chi connectivity index (χ2n) is 2.19. The van der Waals surface area contributed by atoms with Crippen molar-refractivity contribution in [2.24, 2.45) is 0 Å². The lowest BCUT2D eigenvalue weighted by atomic mass is 10.2. The molecule has 0 fully saturated rings. The second-order valence-corrected chi connectivity index (χ2v) is 2.52. The molecule has 0 spiro atoms. The molecule has 0 atom stereocenters. The van der Waals surface area contributed by atoms with E-state index in [1.807, 2.05) is 0 Å². The third kappa shape index (κ3) is 2.11. The Bertz CT molecular complexity index is 380. The van der Waals surface area contributed by atoms with E-state index in [4.69, 9.17) is 11.6 Å². The van der Waals surface area contributed by atoms with Gasteiger partial charge in [-0.05, 0) is 11.6 Å². The van der Waals surface area contributed by atoms with Gasteiger partial charge in [-0.1, -0.05) is 0 Å². The average molecular weight is 226 g/mol. The monoisotopic (exact) mass is 225 g/mol. The molecule has 0 aliphatic rings. The van der Waals surface area contributed by atoms with Crippen LogP contribution in [0.15, 0.2) is 6.20 Å². The topological polar surface area (TPSA) is 65.9 Å². The van der Waals surface area contributed by atoms with Crippen molar-refractivity contribution < 1.29 is 23.1 Å². The lowest BCUT2D eigenvalue weighted by molar-refractivity contribution is -0.256. The summed E-state index contributed by atoms with van der Waals surface area (Å²) in [5.74, 6) is -2.01. The Balaban J connectivity index is 3.38. The molecule has 1 rings (SSSR count). The third-order valence-electron chi connectivity index (χ3n) is 1.25. The molecule has 0 unspecified atom stereocenters. The van der Waals surface area contributed by atoms with Crippen molar-refractivity contribution in [1.82, 2.24) is 9.97 Å². The van der Waals surface area contributed by atoms with Crippen LogP contribution in [0.25, 0.3) is 0 Å². The van der Waals surface area contributed by atoms with Gasteiger partial charge in [0.2, 0.25) is 5.28 Å². The molecule has 1 aromatic rings. The van der Waals surface area contributed by atoms with Crippen molar-refractivity contribution in [3.63, 3.8) is 0 Å². The normalized spacial score (nSPS) is 11.4. The van der Waals surface area contributed by atoms with Crippen molar-refractivity contribution in [1.29, 1.82) is 0 Å². The van der Waals surface area contributed by atoms with Crippen molar-refractivity contribution in [2.45, 2.75) is 6.18 Å². The Labute approximate surface area is 80.4 Å². The van der Waals surface area contributed by atoms with Crippen LogP contribution in [0.4, 0.5) is 13.2 Å². The lowest BCUT2D eigenvalue weighted by Crippen LogP contribution is -2.27. The Kier molecular flexibility index (Phi) is 2.61. The zero-order chi connectivity index (χ0) is 10.9. The van der Waals surface area contributed by atoms with Crippen molar-refractivity contribution in [3.05, 3.63) is 22.7 Å². The highest BCUT2D eigenvalue weighted by atomic mass is 35.5. The molecule has 0 saturated heterocycles. The number of nitrogens with zero attached hydrogens (tertiary/aromatic N) is 2. The van der Waals surface area contributed by atoms with Gasteiger partial charge in [0.15, 0.2) is 5.69 Å². The summed E-state index contributed by atoms with van der Waals surface area (Å²) in [6, 6.07) is 0. The van der Waals surface area contributed by atoms with E-state index in [0.717, 1.165) is 0 Å². The minimum absolute atomic E-state index is 0.452. The van der Waals surface area contributed by atoms with E-state index >= 15 is 0 Å². The molecule has 0 aromatic carbocycles. The van der Waals surface area contributed by atoms with Gasteiger partial charge in [-0.3, -0.25) is 0 Å². The number of carbonyl (C=O) groups is 1. The summed E-state index contributed by atoms with van der Waals surface area (Å²) < 4.78 is 36.4. The number of rotatable bonds is 1. The Hall–Kier alpha value is -1.37. The SMILES string of the molecule is O=C([O-])c1cnc(Cl)nc1C(F)(F)F. The summed E-state index contributed by atoms with van der Waals surface area (Å²) in [7, 11) is 0. The van der Waals surface area contributed by atoms with E-state index in [-0.39, 0.29) is 0 Å². The first kappa shape index (κ1) is 10.7. The maximum absolute atomic E-state index is 12.1. The zero-order valence-corrected chi connectivity index (χ0v) is 7.06. The molecule has 0 bridgehead atoms. The lowest BCUT2D eigenvalue weighted by Gasteiger charge is -2.11. The molecule has 0 aliphatic heterocycles. The molecule has 0 saturated carbocycles. The van der Waals surface area contributed by atoms with Crippen LogP contribution >= 0.6 is 11.6 Å². The molecule has 0 aliphatic carbocycles. The van der Waals surface area contributed by atoms with E-state index in [1.54, 1.807) is 0 Å². The molecule has 14 heavy (non-hydrogen) atoms. The molecule has 0 amide bonds. The number of hydrogen-bond acceptors (Lipinski definition) is 4. The van der Waals surface area contributed by atoms with Crippen molar-refractivity contribution in [2.75, 3.05) is 0 Å². The number of halogens is 4. The predicted octanol–water partition coefficient (Wildman–Crippen LogP) is 0.512. The minimum atomic E-state index is -4.90. The number of alkyl halides is 3. The van der Waals surface area contributed by atoms with Gasteiger partial charge in [0.05, 0.1) is 5.97 Å². The van der Waals surface area contributed by atoms with Gasteiger partial charge in [0, 0.05) is 11.8 Å². The van der Waals surface area contributed by atoms with Crippen LogP contribution in [0.5, 0.6) is 0 Å². The molecule has 76 valence electrons. The first-order valence-electron chi connectivity index (χ1n) is 3.13. The van der Waals surface area contributed by atoms with Gasteiger partial charge in [-0.2, -0.15) is 13.2 Å². The smallest absolute Gasteiger partial charge is 0.434 e. The number of carboxylic acids is 1. The quantitative estimate of drug-likeness (QED) is 0.653. The van der Waals surface area contributed by atoms with Crippen LogP contribution < -0.4 is 5.11 Å². The number of carbonyl (C=O) groups excluding carboxylic acids is 1. The predicted molar refractivity (Wildman–Crippen MR) is 36.4 cm³/mol. The number of aromatic carboxylic acids is 1. The summed E-state index contributed by atoms with van der Waals surface area (Å²) in [5.41, 5.74) is -2.75. The maximum Gasteiger partial charge on any atom is 0.434 e.